The highest BCUT2D eigenvalue weighted by Gasteiger charge is 2.10. The molecule has 1 aromatic carbocycles. The summed E-state index contributed by atoms with van der Waals surface area (Å²) < 4.78 is 13.5. The number of hydrogen-bond donors (Lipinski definition) is 4. The average molecular weight is 347 g/mol. The van der Waals surface area contributed by atoms with Crippen molar-refractivity contribution in [1.29, 1.82) is 10.7 Å². The number of rotatable bonds is 3. The Morgan fingerprint density at radius 1 is 1.65 bits per heavy atom. The van der Waals surface area contributed by atoms with Crippen molar-refractivity contribution < 1.29 is 9.50 Å². The molecule has 0 spiro atoms. The molecule has 0 fully saturated rings. The van der Waals surface area contributed by atoms with Gasteiger partial charge in [-0.25, -0.2) is 4.39 Å². The number of nitriles is 1. The fraction of sp³-hybridized carbons (Fsp3) is 0. The Hall–Kier alpha value is -1.89. The van der Waals surface area contributed by atoms with E-state index in [-0.39, 0.29) is 15.0 Å². The Balaban J connectivity index is 3.02. The van der Waals surface area contributed by atoms with Gasteiger partial charge in [-0.15, -0.1) is 0 Å². The number of phenols is 1. The van der Waals surface area contributed by atoms with Crippen LogP contribution in [0.25, 0.3) is 0 Å². The summed E-state index contributed by atoms with van der Waals surface area (Å²) in [4.78, 5) is 0. The van der Waals surface area contributed by atoms with Gasteiger partial charge < -0.3 is 10.8 Å². The van der Waals surface area contributed by atoms with Gasteiger partial charge in [-0.1, -0.05) is 0 Å². The van der Waals surface area contributed by atoms with Crippen LogP contribution in [0.5, 0.6) is 5.75 Å². The summed E-state index contributed by atoms with van der Waals surface area (Å²) in [7, 11) is 0. The van der Waals surface area contributed by atoms with Gasteiger partial charge in [0.2, 0.25) is 5.71 Å². The van der Waals surface area contributed by atoms with E-state index in [0.29, 0.717) is 0 Å². The second-order valence-electron chi connectivity index (χ2n) is 2.86. The van der Waals surface area contributed by atoms with Crippen LogP contribution in [0.15, 0.2) is 17.2 Å². The van der Waals surface area contributed by atoms with Crippen LogP contribution in [0.2, 0.25) is 0 Å². The molecule has 0 aromatic heterocycles. The zero-order chi connectivity index (χ0) is 13.0. The van der Waals surface area contributed by atoms with Gasteiger partial charge in [0.05, 0.1) is 3.57 Å². The number of amidine groups is 1. The minimum absolute atomic E-state index is 0.0167. The van der Waals surface area contributed by atoms with Crippen LogP contribution >= 0.6 is 22.6 Å². The highest BCUT2D eigenvalue weighted by Crippen LogP contribution is 2.29. The minimum Gasteiger partial charge on any atom is -0.503 e. The molecule has 0 bridgehead atoms. The SMILES string of the molecule is N#C/C(=N\Nc1ccc(I)c(F)c1O)C(=N)N. The predicted octanol–water partition coefficient (Wildman–Crippen LogP) is 1.36. The molecular weight excluding hydrogens is 340 g/mol. The summed E-state index contributed by atoms with van der Waals surface area (Å²) >= 11 is 1.72. The molecule has 8 heteroatoms. The molecule has 1 rings (SSSR count). The smallest absolute Gasteiger partial charge is 0.201 e. The first kappa shape index (κ1) is 13.2. The van der Waals surface area contributed by atoms with Crippen LogP contribution in [-0.4, -0.2) is 16.7 Å². The minimum atomic E-state index is -0.785. The first-order valence-corrected chi connectivity index (χ1v) is 5.30. The van der Waals surface area contributed by atoms with Crippen molar-refractivity contribution >= 4 is 39.8 Å². The monoisotopic (exact) mass is 347 g/mol. The number of nitrogens with one attached hydrogen (secondary N) is 2. The Morgan fingerprint density at radius 2 is 2.29 bits per heavy atom. The number of hydrogen-bond acceptors (Lipinski definition) is 5. The topological polar surface area (TPSA) is 118 Å². The molecule has 17 heavy (non-hydrogen) atoms. The van der Waals surface area contributed by atoms with Crippen LogP contribution in [0.3, 0.4) is 0 Å². The van der Waals surface area contributed by atoms with Crippen LogP contribution in [0.4, 0.5) is 10.1 Å². The second kappa shape index (κ2) is 5.44. The van der Waals surface area contributed by atoms with Gasteiger partial charge in [-0.2, -0.15) is 10.4 Å². The van der Waals surface area contributed by atoms with Gasteiger partial charge >= 0.3 is 0 Å². The lowest BCUT2D eigenvalue weighted by Gasteiger charge is -2.05. The summed E-state index contributed by atoms with van der Waals surface area (Å²) in [6, 6.07) is 4.39. The lowest BCUT2D eigenvalue weighted by molar-refractivity contribution is 0.432. The van der Waals surface area contributed by atoms with Crippen molar-refractivity contribution in [2.75, 3.05) is 5.43 Å². The normalized spacial score (nSPS) is 10.8. The first-order chi connectivity index (χ1) is 7.97. The van der Waals surface area contributed by atoms with Crippen molar-refractivity contribution in [3.8, 4) is 11.8 Å². The number of nitrogens with zero attached hydrogens (tertiary/aromatic N) is 2. The van der Waals surface area contributed by atoms with E-state index < -0.39 is 17.4 Å². The maximum absolute atomic E-state index is 13.3. The Labute approximate surface area is 110 Å². The van der Waals surface area contributed by atoms with Gasteiger partial charge in [0, 0.05) is 0 Å². The molecule has 88 valence electrons. The third kappa shape index (κ3) is 3.04. The fourth-order valence-electron chi connectivity index (χ4n) is 0.892. The van der Waals surface area contributed by atoms with Crippen molar-refractivity contribution in [1.82, 2.24) is 0 Å². The third-order valence-corrected chi connectivity index (χ3v) is 2.55. The first-order valence-electron chi connectivity index (χ1n) is 4.22. The van der Waals surface area contributed by atoms with Crippen LogP contribution in [0.1, 0.15) is 0 Å². The molecule has 0 aliphatic carbocycles. The number of anilines is 1. The van der Waals surface area contributed by atoms with Crippen molar-refractivity contribution in [2.45, 2.75) is 0 Å². The number of benzene rings is 1. The molecule has 0 saturated heterocycles. The van der Waals surface area contributed by atoms with E-state index in [2.05, 4.69) is 10.5 Å². The lowest BCUT2D eigenvalue weighted by atomic mass is 10.3. The largest absolute Gasteiger partial charge is 0.503 e. The van der Waals surface area contributed by atoms with E-state index in [1.165, 1.54) is 12.1 Å². The van der Waals surface area contributed by atoms with Crippen molar-refractivity contribution in [3.63, 3.8) is 0 Å². The summed E-state index contributed by atoms with van der Waals surface area (Å²) in [5.41, 5.74) is 6.95. The predicted molar refractivity (Wildman–Crippen MR) is 69.4 cm³/mol. The van der Waals surface area contributed by atoms with E-state index >= 15 is 0 Å². The fourth-order valence-corrected chi connectivity index (χ4v) is 1.33. The highest BCUT2D eigenvalue weighted by atomic mass is 127. The summed E-state index contributed by atoms with van der Waals surface area (Å²) in [5.74, 6) is -1.92. The molecule has 0 saturated carbocycles. The number of nitrogens with two attached hydrogens (primary N) is 1. The van der Waals surface area contributed by atoms with Crippen LogP contribution < -0.4 is 11.2 Å². The Kier molecular flexibility index (Phi) is 4.22. The van der Waals surface area contributed by atoms with Crippen molar-refractivity contribution in [2.24, 2.45) is 10.8 Å². The number of hydrazone groups is 1. The van der Waals surface area contributed by atoms with E-state index in [0.717, 1.165) is 0 Å². The van der Waals surface area contributed by atoms with E-state index in [1.54, 1.807) is 28.7 Å². The molecule has 5 N–H and O–H groups in total. The van der Waals surface area contributed by atoms with Gasteiger partial charge in [0.15, 0.2) is 17.4 Å². The highest BCUT2D eigenvalue weighted by molar-refractivity contribution is 14.1. The number of aromatic hydroxyl groups is 1. The molecule has 0 heterocycles. The zero-order valence-corrected chi connectivity index (χ0v) is 10.5. The summed E-state index contributed by atoms with van der Waals surface area (Å²) in [6.07, 6.45) is 0. The Bertz CT molecular complexity index is 537. The zero-order valence-electron chi connectivity index (χ0n) is 8.33. The molecule has 0 atom stereocenters. The molecule has 0 amide bonds. The van der Waals surface area contributed by atoms with E-state index in [9.17, 15) is 9.50 Å². The molecule has 6 nitrogen and oxygen atoms in total. The molecule has 0 aliphatic rings. The molecule has 0 unspecified atom stereocenters. The van der Waals surface area contributed by atoms with Crippen LogP contribution in [-0.2, 0) is 0 Å². The summed E-state index contributed by atoms with van der Waals surface area (Å²) in [5, 5.41) is 28.5. The second-order valence-corrected chi connectivity index (χ2v) is 4.02. The van der Waals surface area contributed by atoms with E-state index in [4.69, 9.17) is 16.4 Å². The maximum atomic E-state index is 13.3. The van der Waals surface area contributed by atoms with Crippen LogP contribution in [0, 0.1) is 26.1 Å². The Morgan fingerprint density at radius 3 is 2.82 bits per heavy atom. The standard InChI is InChI=1S/C9H7FIN5O/c10-7-4(11)1-2-5(8(7)17)15-16-6(3-12)9(13)14/h1-2,15,17H,(H3,13,14)/b16-6+. The molecule has 1 aromatic rings. The average Bonchev–Trinajstić information content (AvgIpc) is 2.29. The molecule has 0 radical (unpaired) electrons. The summed E-state index contributed by atoms with van der Waals surface area (Å²) in [6.45, 7) is 0. The van der Waals surface area contributed by atoms with Crippen molar-refractivity contribution in [3.05, 3.63) is 21.5 Å². The third-order valence-electron chi connectivity index (χ3n) is 1.72. The molecule has 0 aliphatic heterocycles. The van der Waals surface area contributed by atoms with E-state index in [1.807, 2.05) is 0 Å². The van der Waals surface area contributed by atoms with Gasteiger partial charge in [0.25, 0.3) is 0 Å². The lowest BCUT2D eigenvalue weighted by Crippen LogP contribution is -2.21. The van der Waals surface area contributed by atoms with Gasteiger partial charge in [0.1, 0.15) is 11.8 Å². The van der Waals surface area contributed by atoms with Gasteiger partial charge in [-0.3, -0.25) is 10.8 Å². The quantitative estimate of drug-likeness (QED) is 0.217. The number of phenolic OH excluding ortho intramolecular Hbond substituents is 1. The van der Waals surface area contributed by atoms with Gasteiger partial charge in [-0.05, 0) is 34.7 Å². The number of halogens is 2. The maximum Gasteiger partial charge on any atom is 0.201 e. The molecular formula is C9H7FIN5O.